The van der Waals surface area contributed by atoms with Gasteiger partial charge in [0.05, 0.1) is 6.10 Å². The maximum absolute atomic E-state index is 12.3. The number of carbonyl (C=O) groups is 2. The Labute approximate surface area is 136 Å². The first-order valence-corrected chi connectivity index (χ1v) is 11.2. The fraction of sp³-hybridized carbons (Fsp3) is 0.882. The van der Waals surface area contributed by atoms with Gasteiger partial charge in [-0.1, -0.05) is 34.6 Å². The predicted octanol–water partition coefficient (Wildman–Crippen LogP) is 3.94. The van der Waals surface area contributed by atoms with E-state index in [1.54, 1.807) is 6.92 Å². The number of esters is 1. The van der Waals surface area contributed by atoms with Gasteiger partial charge in [-0.05, 0) is 31.5 Å². The van der Waals surface area contributed by atoms with Crippen LogP contribution in [0.5, 0.6) is 0 Å². The van der Waals surface area contributed by atoms with Crippen LogP contribution in [0.2, 0.25) is 18.1 Å². The monoisotopic (exact) mass is 328 g/mol. The van der Waals surface area contributed by atoms with Gasteiger partial charge in [-0.15, -0.1) is 0 Å². The Morgan fingerprint density at radius 1 is 1.23 bits per heavy atom. The summed E-state index contributed by atoms with van der Waals surface area (Å²) in [6, 6.07) is 0. The molecule has 0 saturated carbocycles. The largest absolute Gasteiger partial charge is 0.461 e. The predicted molar refractivity (Wildman–Crippen MR) is 90.2 cm³/mol. The molecule has 1 aliphatic heterocycles. The molecule has 5 heteroatoms. The standard InChI is InChI=1S/C17H32O4Si/c1-9-14-12(3)15(21-22(7,8)17(4,5)6)10-13(18)11(2)16(19)20-14/h11-12,14-15H,9-10H2,1-8H3/t11?,12-,14+,15+/m0/s1. The SMILES string of the molecule is CC[C@H]1OC(=O)C(C)C(=O)C[C@@H](O[Si](C)(C)C(C)(C)C)[C@H]1C. The topological polar surface area (TPSA) is 52.6 Å². The molecule has 0 aromatic rings. The van der Waals surface area contributed by atoms with Crippen LogP contribution in [0.1, 0.15) is 54.4 Å². The van der Waals surface area contributed by atoms with E-state index in [2.05, 4.69) is 33.9 Å². The second kappa shape index (κ2) is 6.83. The van der Waals surface area contributed by atoms with Gasteiger partial charge in [-0.25, -0.2) is 0 Å². The van der Waals surface area contributed by atoms with Crippen molar-refractivity contribution in [1.82, 2.24) is 0 Å². The van der Waals surface area contributed by atoms with Gasteiger partial charge in [-0.3, -0.25) is 9.59 Å². The summed E-state index contributed by atoms with van der Waals surface area (Å²) in [7, 11) is -1.98. The molecule has 1 saturated heterocycles. The fourth-order valence-electron chi connectivity index (χ4n) is 2.45. The number of ketones is 1. The van der Waals surface area contributed by atoms with Crippen molar-refractivity contribution in [3.63, 3.8) is 0 Å². The van der Waals surface area contributed by atoms with E-state index in [1.165, 1.54) is 0 Å². The summed E-state index contributed by atoms with van der Waals surface area (Å²) in [5.41, 5.74) is 0. The molecule has 1 fully saturated rings. The van der Waals surface area contributed by atoms with Crippen LogP contribution in [-0.4, -0.2) is 32.3 Å². The molecule has 4 nitrogen and oxygen atoms in total. The van der Waals surface area contributed by atoms with Crippen LogP contribution in [0.15, 0.2) is 0 Å². The van der Waals surface area contributed by atoms with E-state index in [4.69, 9.17) is 9.16 Å². The number of carbonyl (C=O) groups excluding carboxylic acids is 2. The molecule has 0 spiro atoms. The van der Waals surface area contributed by atoms with Crippen LogP contribution in [0, 0.1) is 11.8 Å². The highest BCUT2D eigenvalue weighted by Gasteiger charge is 2.44. The van der Waals surface area contributed by atoms with E-state index in [1.807, 2.05) is 13.8 Å². The van der Waals surface area contributed by atoms with Gasteiger partial charge in [-0.2, -0.15) is 0 Å². The molecule has 1 heterocycles. The highest BCUT2D eigenvalue weighted by atomic mass is 28.4. The van der Waals surface area contributed by atoms with Crippen molar-refractivity contribution in [1.29, 1.82) is 0 Å². The molecule has 0 amide bonds. The van der Waals surface area contributed by atoms with Gasteiger partial charge in [0, 0.05) is 12.3 Å². The molecule has 0 radical (unpaired) electrons. The van der Waals surface area contributed by atoms with Gasteiger partial charge in [0.15, 0.2) is 8.32 Å². The number of hydrogen-bond donors (Lipinski definition) is 0. The van der Waals surface area contributed by atoms with E-state index < -0.39 is 20.2 Å². The molecule has 4 atom stereocenters. The van der Waals surface area contributed by atoms with E-state index >= 15 is 0 Å². The zero-order chi connectivity index (χ0) is 17.3. The quantitative estimate of drug-likeness (QED) is 0.447. The maximum Gasteiger partial charge on any atom is 0.316 e. The summed E-state index contributed by atoms with van der Waals surface area (Å²) in [5.74, 6) is -1.13. The number of cyclic esters (lactones) is 1. The Morgan fingerprint density at radius 2 is 1.77 bits per heavy atom. The highest BCUT2D eigenvalue weighted by Crippen LogP contribution is 2.39. The highest BCUT2D eigenvalue weighted by molar-refractivity contribution is 6.74. The van der Waals surface area contributed by atoms with Crippen molar-refractivity contribution in [2.24, 2.45) is 11.8 Å². The average Bonchev–Trinajstić information content (AvgIpc) is 2.39. The normalized spacial score (nSPS) is 31.5. The Hall–Kier alpha value is -0.683. The number of hydrogen-bond acceptors (Lipinski definition) is 4. The summed E-state index contributed by atoms with van der Waals surface area (Å²) >= 11 is 0. The second-order valence-electron chi connectivity index (χ2n) is 8.05. The van der Waals surface area contributed by atoms with Crippen LogP contribution in [-0.2, 0) is 18.8 Å². The minimum absolute atomic E-state index is 0.0273. The summed E-state index contributed by atoms with van der Waals surface area (Å²) in [6.07, 6.45) is 0.692. The third-order valence-electron chi connectivity index (χ3n) is 5.33. The minimum atomic E-state index is -1.98. The first kappa shape index (κ1) is 19.4. The summed E-state index contributed by atoms with van der Waals surface area (Å²) < 4.78 is 12.0. The molecule has 128 valence electrons. The van der Waals surface area contributed by atoms with Crippen LogP contribution in [0.3, 0.4) is 0 Å². The van der Waals surface area contributed by atoms with E-state index in [9.17, 15) is 9.59 Å². The summed E-state index contributed by atoms with van der Waals surface area (Å²) in [5, 5.41) is 0.0855. The van der Waals surface area contributed by atoms with Crippen LogP contribution in [0.4, 0.5) is 0 Å². The molecular formula is C17H32O4Si. The molecule has 0 N–H and O–H groups in total. The molecule has 1 unspecified atom stereocenters. The lowest BCUT2D eigenvalue weighted by Crippen LogP contribution is -2.50. The third kappa shape index (κ3) is 4.19. The number of ether oxygens (including phenoxy) is 1. The van der Waals surface area contributed by atoms with E-state index in [0.717, 1.165) is 6.42 Å². The van der Waals surface area contributed by atoms with Crippen molar-refractivity contribution < 1.29 is 18.8 Å². The molecule has 0 aliphatic carbocycles. The van der Waals surface area contributed by atoms with Crippen molar-refractivity contribution in [3.05, 3.63) is 0 Å². The molecule has 22 heavy (non-hydrogen) atoms. The average molecular weight is 329 g/mol. The molecule has 1 aliphatic rings. The van der Waals surface area contributed by atoms with Crippen molar-refractivity contribution >= 4 is 20.1 Å². The summed E-state index contributed by atoms with van der Waals surface area (Å²) in [4.78, 5) is 24.3. The van der Waals surface area contributed by atoms with Crippen molar-refractivity contribution in [2.45, 2.75) is 84.7 Å². The molecular weight excluding hydrogens is 296 g/mol. The lowest BCUT2D eigenvalue weighted by atomic mass is 9.88. The molecule has 1 rings (SSSR count). The Kier molecular flexibility index (Phi) is 6.01. The van der Waals surface area contributed by atoms with Crippen LogP contribution < -0.4 is 0 Å². The third-order valence-corrected chi connectivity index (χ3v) is 9.84. The lowest BCUT2D eigenvalue weighted by Gasteiger charge is -2.43. The fourth-order valence-corrected chi connectivity index (χ4v) is 3.86. The maximum atomic E-state index is 12.3. The smallest absolute Gasteiger partial charge is 0.316 e. The van der Waals surface area contributed by atoms with Crippen molar-refractivity contribution in [2.75, 3.05) is 0 Å². The zero-order valence-corrected chi connectivity index (χ0v) is 16.4. The lowest BCUT2D eigenvalue weighted by molar-refractivity contribution is -0.164. The summed E-state index contributed by atoms with van der Waals surface area (Å²) in [6.45, 7) is 16.6. The van der Waals surface area contributed by atoms with E-state index in [0.29, 0.717) is 6.42 Å². The first-order valence-electron chi connectivity index (χ1n) is 8.31. The Balaban J connectivity index is 3.04. The van der Waals surface area contributed by atoms with E-state index in [-0.39, 0.29) is 28.9 Å². The molecule has 0 aromatic carbocycles. The number of Topliss-reactive ketones (excluding diaryl/α,β-unsaturated/α-hetero) is 1. The van der Waals surface area contributed by atoms with Gasteiger partial charge in [0.2, 0.25) is 0 Å². The number of rotatable bonds is 3. The van der Waals surface area contributed by atoms with Gasteiger partial charge in [0.1, 0.15) is 17.8 Å². The van der Waals surface area contributed by atoms with Crippen molar-refractivity contribution in [3.8, 4) is 0 Å². The Morgan fingerprint density at radius 3 is 2.23 bits per heavy atom. The molecule has 0 bridgehead atoms. The van der Waals surface area contributed by atoms with Crippen LogP contribution in [0.25, 0.3) is 0 Å². The van der Waals surface area contributed by atoms with Crippen LogP contribution >= 0.6 is 0 Å². The first-order chi connectivity index (χ1) is 9.90. The Bertz CT molecular complexity index is 425. The second-order valence-corrected chi connectivity index (χ2v) is 12.8. The molecule has 0 aromatic heterocycles. The van der Waals surface area contributed by atoms with Gasteiger partial charge < -0.3 is 9.16 Å². The zero-order valence-electron chi connectivity index (χ0n) is 15.4. The van der Waals surface area contributed by atoms with Gasteiger partial charge >= 0.3 is 5.97 Å². The van der Waals surface area contributed by atoms with Gasteiger partial charge in [0.25, 0.3) is 0 Å². The minimum Gasteiger partial charge on any atom is -0.461 e.